The van der Waals surface area contributed by atoms with E-state index < -0.39 is 24.6 Å². The molecule has 1 heterocycles. The number of nitrogens with zero attached hydrogens (tertiary/aromatic N) is 2. The van der Waals surface area contributed by atoms with Gasteiger partial charge in [0, 0.05) is 17.9 Å². The molecule has 0 bridgehead atoms. The molecular weight excluding hydrogens is 399 g/mol. The summed E-state index contributed by atoms with van der Waals surface area (Å²) in [5.41, 5.74) is 3.76. The number of rotatable bonds is 9. The van der Waals surface area contributed by atoms with E-state index in [1.165, 1.54) is 12.1 Å². The Labute approximate surface area is 182 Å². The summed E-state index contributed by atoms with van der Waals surface area (Å²) >= 11 is 0. The Hall–Kier alpha value is -2.51. The van der Waals surface area contributed by atoms with Crippen molar-refractivity contribution in [2.75, 3.05) is 0 Å². The zero-order valence-electron chi connectivity index (χ0n) is 18.0. The number of aliphatic hydroxyl groups excluding tert-OH is 2. The second-order valence-electron chi connectivity index (χ2n) is 8.44. The molecule has 168 valence electrons. The molecule has 0 spiro atoms. The highest BCUT2D eigenvalue weighted by Gasteiger charge is 2.30. The van der Waals surface area contributed by atoms with Gasteiger partial charge in [-0.1, -0.05) is 26.3 Å². The highest BCUT2D eigenvalue weighted by molar-refractivity contribution is 5.67. The predicted octanol–water partition coefficient (Wildman–Crippen LogP) is 4.08. The Morgan fingerprint density at radius 3 is 2.68 bits per heavy atom. The zero-order valence-corrected chi connectivity index (χ0v) is 18.0. The Morgan fingerprint density at radius 1 is 1.32 bits per heavy atom. The van der Waals surface area contributed by atoms with Crippen LogP contribution in [0.4, 0.5) is 4.39 Å². The van der Waals surface area contributed by atoms with Crippen LogP contribution in [0.3, 0.4) is 0 Å². The third kappa shape index (κ3) is 5.60. The van der Waals surface area contributed by atoms with E-state index in [4.69, 9.17) is 10.2 Å². The standard InChI is InChI=1S/C24H31FN2O4/c1-3-15(2)20-5-4-6-21-22(12-11-18(28)13-19(29)14-23(30)31)27(26-24(20)21)17-9-7-16(25)8-10-17/h7-12,15,18-20,28-29H,3-6,13-14H2,1-2H3,(H,30,31)/b12-11+/t15?,18-,19-,20?/m1/s1. The van der Waals surface area contributed by atoms with Crippen molar-refractivity contribution in [1.82, 2.24) is 9.78 Å². The Morgan fingerprint density at radius 2 is 2.03 bits per heavy atom. The van der Waals surface area contributed by atoms with E-state index >= 15 is 0 Å². The summed E-state index contributed by atoms with van der Waals surface area (Å²) in [4.78, 5) is 10.7. The fourth-order valence-corrected chi connectivity index (χ4v) is 4.30. The molecular formula is C24H31FN2O4. The number of halogens is 1. The van der Waals surface area contributed by atoms with Crippen molar-refractivity contribution in [2.24, 2.45) is 5.92 Å². The summed E-state index contributed by atoms with van der Waals surface area (Å²) < 4.78 is 15.3. The summed E-state index contributed by atoms with van der Waals surface area (Å²) in [6.07, 6.45) is 4.82. The fraction of sp³-hybridized carbons (Fsp3) is 0.500. The lowest BCUT2D eigenvalue weighted by Crippen LogP contribution is -2.19. The summed E-state index contributed by atoms with van der Waals surface area (Å²) in [6.45, 7) is 4.41. The number of hydrogen-bond acceptors (Lipinski definition) is 4. The number of benzene rings is 1. The Kier molecular flexibility index (Phi) is 7.62. The maximum atomic E-state index is 13.5. The van der Waals surface area contributed by atoms with Crippen molar-refractivity contribution in [3.8, 4) is 5.69 Å². The summed E-state index contributed by atoms with van der Waals surface area (Å²) in [5.74, 6) is -0.588. The molecule has 31 heavy (non-hydrogen) atoms. The average molecular weight is 431 g/mol. The highest BCUT2D eigenvalue weighted by Crippen LogP contribution is 2.39. The first-order valence-electron chi connectivity index (χ1n) is 10.9. The van der Waals surface area contributed by atoms with Crippen LogP contribution in [0, 0.1) is 11.7 Å². The van der Waals surface area contributed by atoms with Crippen LogP contribution in [-0.2, 0) is 11.2 Å². The van der Waals surface area contributed by atoms with E-state index in [2.05, 4.69) is 13.8 Å². The number of hydrogen-bond donors (Lipinski definition) is 3. The maximum Gasteiger partial charge on any atom is 0.305 e. The molecule has 1 aromatic carbocycles. The van der Waals surface area contributed by atoms with Crippen LogP contribution in [-0.4, -0.2) is 43.3 Å². The number of fused-ring (bicyclic) bond motifs is 1. The van der Waals surface area contributed by atoms with Gasteiger partial charge >= 0.3 is 5.97 Å². The maximum absolute atomic E-state index is 13.5. The molecule has 2 aromatic rings. The van der Waals surface area contributed by atoms with Crippen LogP contribution in [0.5, 0.6) is 0 Å². The van der Waals surface area contributed by atoms with Gasteiger partial charge in [-0.3, -0.25) is 4.79 Å². The molecule has 1 aliphatic rings. The first-order chi connectivity index (χ1) is 14.8. The highest BCUT2D eigenvalue weighted by atomic mass is 19.1. The molecule has 0 saturated heterocycles. The van der Waals surface area contributed by atoms with E-state index in [1.54, 1.807) is 29.0 Å². The Bertz CT molecular complexity index is 922. The molecule has 1 aromatic heterocycles. The number of aliphatic carboxylic acids is 1. The number of carboxylic acids is 1. The van der Waals surface area contributed by atoms with Crippen molar-refractivity contribution < 1.29 is 24.5 Å². The number of carbonyl (C=O) groups is 1. The van der Waals surface area contributed by atoms with E-state index in [9.17, 15) is 19.4 Å². The van der Waals surface area contributed by atoms with Gasteiger partial charge in [-0.15, -0.1) is 0 Å². The molecule has 0 aliphatic heterocycles. The zero-order chi connectivity index (χ0) is 22.5. The third-order valence-corrected chi connectivity index (χ3v) is 6.15. The van der Waals surface area contributed by atoms with Gasteiger partial charge in [-0.25, -0.2) is 9.07 Å². The van der Waals surface area contributed by atoms with Crippen molar-refractivity contribution >= 4 is 12.0 Å². The average Bonchev–Trinajstić information content (AvgIpc) is 3.10. The molecule has 1 aliphatic carbocycles. The van der Waals surface area contributed by atoms with Crippen LogP contribution in [0.15, 0.2) is 30.3 Å². The molecule has 6 nitrogen and oxygen atoms in total. The van der Waals surface area contributed by atoms with Gasteiger partial charge in [0.1, 0.15) is 5.82 Å². The van der Waals surface area contributed by atoms with Crippen LogP contribution in [0.2, 0.25) is 0 Å². The lowest BCUT2D eigenvalue weighted by atomic mass is 9.78. The second kappa shape index (κ2) is 10.2. The van der Waals surface area contributed by atoms with Crippen LogP contribution < -0.4 is 0 Å². The predicted molar refractivity (Wildman–Crippen MR) is 117 cm³/mol. The molecule has 3 N–H and O–H groups in total. The smallest absolute Gasteiger partial charge is 0.305 e. The molecule has 0 fully saturated rings. The summed E-state index contributed by atoms with van der Waals surface area (Å²) in [7, 11) is 0. The number of carboxylic acid groups (broad SMARTS) is 1. The second-order valence-corrected chi connectivity index (χ2v) is 8.44. The number of aromatic nitrogens is 2. The van der Waals surface area contributed by atoms with Gasteiger partial charge in [0.25, 0.3) is 0 Å². The third-order valence-electron chi connectivity index (χ3n) is 6.15. The SMILES string of the molecule is CCC(C)C1CCCc2c1nn(-c1ccc(F)cc1)c2/C=C/[C@@H](O)C[C@@H](O)CC(=O)O. The largest absolute Gasteiger partial charge is 0.481 e. The van der Waals surface area contributed by atoms with Gasteiger partial charge in [0.15, 0.2) is 0 Å². The van der Waals surface area contributed by atoms with Crippen molar-refractivity contribution in [3.05, 3.63) is 53.1 Å². The quantitative estimate of drug-likeness (QED) is 0.557. The normalized spacial score (nSPS) is 19.2. The lowest BCUT2D eigenvalue weighted by Gasteiger charge is -2.26. The molecule has 3 rings (SSSR count). The molecule has 0 amide bonds. The molecule has 4 atom stereocenters. The van der Waals surface area contributed by atoms with E-state index in [0.29, 0.717) is 11.8 Å². The minimum absolute atomic E-state index is 0.0643. The van der Waals surface area contributed by atoms with Gasteiger partial charge in [-0.2, -0.15) is 5.10 Å². The van der Waals surface area contributed by atoms with E-state index in [1.807, 2.05) is 0 Å². The van der Waals surface area contributed by atoms with E-state index in [-0.39, 0.29) is 12.2 Å². The topological polar surface area (TPSA) is 95.6 Å². The first-order valence-corrected chi connectivity index (χ1v) is 10.9. The minimum Gasteiger partial charge on any atom is -0.481 e. The Balaban J connectivity index is 1.96. The van der Waals surface area contributed by atoms with Gasteiger partial charge in [-0.05, 0) is 55.5 Å². The van der Waals surface area contributed by atoms with Gasteiger partial charge in [0.2, 0.25) is 0 Å². The first kappa shape index (κ1) is 23.2. The molecule has 2 unspecified atom stereocenters. The van der Waals surface area contributed by atoms with Gasteiger partial charge < -0.3 is 15.3 Å². The van der Waals surface area contributed by atoms with Crippen molar-refractivity contribution in [1.29, 1.82) is 0 Å². The minimum atomic E-state index is -1.12. The van der Waals surface area contributed by atoms with Crippen LogP contribution >= 0.6 is 0 Å². The summed E-state index contributed by atoms with van der Waals surface area (Å²) in [6, 6.07) is 6.15. The van der Waals surface area contributed by atoms with E-state index in [0.717, 1.165) is 48.3 Å². The lowest BCUT2D eigenvalue weighted by molar-refractivity contribution is -0.139. The molecule has 0 saturated carbocycles. The monoisotopic (exact) mass is 430 g/mol. The summed E-state index contributed by atoms with van der Waals surface area (Å²) in [5, 5.41) is 33.8. The van der Waals surface area contributed by atoms with Crippen LogP contribution in [0.25, 0.3) is 11.8 Å². The molecule has 0 radical (unpaired) electrons. The van der Waals surface area contributed by atoms with Gasteiger partial charge in [0.05, 0.1) is 35.7 Å². The molecule has 7 heteroatoms. The number of aliphatic hydroxyl groups is 2. The van der Waals surface area contributed by atoms with Crippen molar-refractivity contribution in [3.63, 3.8) is 0 Å². The fourth-order valence-electron chi connectivity index (χ4n) is 4.30. The van der Waals surface area contributed by atoms with Crippen LogP contribution in [0.1, 0.15) is 68.8 Å². The van der Waals surface area contributed by atoms with Crippen molar-refractivity contribution in [2.45, 2.75) is 70.5 Å².